The number of nitrogen functional groups attached to an aromatic ring is 1. The van der Waals surface area contributed by atoms with E-state index in [4.69, 9.17) is 10.5 Å². The minimum absolute atomic E-state index is 0.600. The van der Waals surface area contributed by atoms with Gasteiger partial charge in [0.2, 0.25) is 0 Å². The van der Waals surface area contributed by atoms with Crippen molar-refractivity contribution in [3.63, 3.8) is 0 Å². The van der Waals surface area contributed by atoms with Crippen LogP contribution in [-0.2, 0) is 0 Å². The van der Waals surface area contributed by atoms with Gasteiger partial charge in [-0.2, -0.15) is 0 Å². The number of hydrogen-bond donors (Lipinski definition) is 1. The summed E-state index contributed by atoms with van der Waals surface area (Å²) < 4.78 is 6.94. The van der Waals surface area contributed by atoms with Gasteiger partial charge < -0.3 is 10.5 Å². The highest BCUT2D eigenvalue weighted by atomic mass is 16.5. The molecule has 1 aromatic heterocycles. The zero-order valence-electron chi connectivity index (χ0n) is 8.64. The lowest BCUT2D eigenvalue weighted by Gasteiger charge is -2.08. The summed E-state index contributed by atoms with van der Waals surface area (Å²) in [4.78, 5) is 0. The maximum atomic E-state index is 5.81. The molecule has 0 amide bonds. The van der Waals surface area contributed by atoms with Crippen LogP contribution in [0.5, 0.6) is 5.75 Å². The van der Waals surface area contributed by atoms with Gasteiger partial charge in [-0.25, -0.2) is 0 Å². The monoisotopic (exact) mass is 204 g/mol. The van der Waals surface area contributed by atoms with E-state index >= 15 is 0 Å². The Morgan fingerprint density at radius 1 is 1.40 bits per heavy atom. The van der Waals surface area contributed by atoms with E-state index in [1.54, 1.807) is 13.4 Å². The van der Waals surface area contributed by atoms with Crippen molar-refractivity contribution in [3.05, 3.63) is 30.4 Å². The molecule has 0 saturated heterocycles. The molecule has 0 aliphatic heterocycles. The van der Waals surface area contributed by atoms with Crippen LogP contribution in [0, 0.1) is 6.92 Å². The molecule has 15 heavy (non-hydrogen) atoms. The number of methoxy groups -OCH3 is 1. The van der Waals surface area contributed by atoms with E-state index in [1.165, 1.54) is 0 Å². The van der Waals surface area contributed by atoms with Crippen LogP contribution in [0.1, 0.15) is 5.82 Å². The van der Waals surface area contributed by atoms with Crippen LogP contribution in [-0.4, -0.2) is 21.9 Å². The molecule has 0 bridgehead atoms. The van der Waals surface area contributed by atoms with Crippen molar-refractivity contribution in [2.75, 3.05) is 12.8 Å². The summed E-state index contributed by atoms with van der Waals surface area (Å²) in [5, 5.41) is 7.72. The smallest absolute Gasteiger partial charge is 0.141 e. The van der Waals surface area contributed by atoms with Crippen molar-refractivity contribution < 1.29 is 4.74 Å². The lowest BCUT2D eigenvalue weighted by Crippen LogP contribution is -1.98. The Labute approximate surface area is 87.5 Å². The number of anilines is 1. The molecule has 0 saturated carbocycles. The van der Waals surface area contributed by atoms with Gasteiger partial charge in [-0.3, -0.25) is 4.57 Å². The number of nitrogens with zero attached hydrogens (tertiary/aromatic N) is 3. The lowest BCUT2D eigenvalue weighted by atomic mass is 10.2. The van der Waals surface area contributed by atoms with Crippen LogP contribution in [0.2, 0.25) is 0 Å². The first-order valence-electron chi connectivity index (χ1n) is 4.53. The van der Waals surface area contributed by atoms with Gasteiger partial charge in [0.05, 0.1) is 18.5 Å². The van der Waals surface area contributed by atoms with Crippen LogP contribution >= 0.6 is 0 Å². The third-order valence-electron chi connectivity index (χ3n) is 2.21. The van der Waals surface area contributed by atoms with E-state index in [0.717, 1.165) is 11.5 Å². The number of rotatable bonds is 2. The number of ether oxygens (including phenoxy) is 1. The van der Waals surface area contributed by atoms with Crippen molar-refractivity contribution in [3.8, 4) is 11.4 Å². The number of aromatic nitrogens is 3. The van der Waals surface area contributed by atoms with Gasteiger partial charge in [0, 0.05) is 0 Å². The number of aryl methyl sites for hydroxylation is 1. The van der Waals surface area contributed by atoms with E-state index < -0.39 is 0 Å². The molecule has 2 aromatic rings. The van der Waals surface area contributed by atoms with Crippen LogP contribution in [0.15, 0.2) is 24.5 Å². The largest absolute Gasteiger partial charge is 0.495 e. The van der Waals surface area contributed by atoms with E-state index in [2.05, 4.69) is 10.2 Å². The second-order valence-electron chi connectivity index (χ2n) is 3.17. The molecular weight excluding hydrogens is 192 g/mol. The Morgan fingerprint density at radius 3 is 2.73 bits per heavy atom. The molecular formula is C10H12N4O. The van der Waals surface area contributed by atoms with Gasteiger partial charge in [-0.05, 0) is 25.1 Å². The molecule has 0 atom stereocenters. The first-order chi connectivity index (χ1) is 7.22. The summed E-state index contributed by atoms with van der Waals surface area (Å²) in [5.74, 6) is 1.49. The topological polar surface area (TPSA) is 66.0 Å². The third kappa shape index (κ3) is 1.63. The summed E-state index contributed by atoms with van der Waals surface area (Å²) >= 11 is 0. The van der Waals surface area contributed by atoms with Crippen LogP contribution < -0.4 is 10.5 Å². The van der Waals surface area contributed by atoms with Crippen molar-refractivity contribution in [2.24, 2.45) is 0 Å². The van der Waals surface area contributed by atoms with Crippen LogP contribution in [0.3, 0.4) is 0 Å². The van der Waals surface area contributed by atoms with Gasteiger partial charge in [0.25, 0.3) is 0 Å². The fourth-order valence-electron chi connectivity index (χ4n) is 1.42. The second kappa shape index (κ2) is 3.61. The van der Waals surface area contributed by atoms with Gasteiger partial charge in [-0.15, -0.1) is 10.2 Å². The van der Waals surface area contributed by atoms with E-state index in [9.17, 15) is 0 Å². The van der Waals surface area contributed by atoms with Crippen molar-refractivity contribution in [1.82, 2.24) is 14.8 Å². The van der Waals surface area contributed by atoms with Crippen LogP contribution in [0.25, 0.3) is 5.69 Å². The fourth-order valence-corrected chi connectivity index (χ4v) is 1.42. The molecule has 0 unspecified atom stereocenters. The highest BCUT2D eigenvalue weighted by molar-refractivity contribution is 5.58. The molecule has 78 valence electrons. The highest BCUT2D eigenvalue weighted by Crippen LogP contribution is 2.23. The molecule has 1 aromatic carbocycles. The average Bonchev–Trinajstić information content (AvgIpc) is 2.64. The standard InChI is InChI=1S/C10H12N4O/c1-7-13-12-6-14(7)8-3-4-10(15-2)9(11)5-8/h3-6H,11H2,1-2H3. The van der Waals surface area contributed by atoms with Crippen molar-refractivity contribution >= 4 is 5.69 Å². The minimum Gasteiger partial charge on any atom is -0.495 e. The van der Waals surface area contributed by atoms with Crippen LogP contribution in [0.4, 0.5) is 5.69 Å². The summed E-state index contributed by atoms with van der Waals surface area (Å²) in [5.41, 5.74) is 7.34. The zero-order valence-corrected chi connectivity index (χ0v) is 8.64. The van der Waals surface area contributed by atoms with E-state index in [0.29, 0.717) is 11.4 Å². The van der Waals surface area contributed by atoms with Gasteiger partial charge in [0.15, 0.2) is 0 Å². The highest BCUT2D eigenvalue weighted by Gasteiger charge is 2.04. The number of hydrogen-bond acceptors (Lipinski definition) is 4. The molecule has 2 N–H and O–H groups in total. The van der Waals surface area contributed by atoms with E-state index in [1.807, 2.05) is 29.7 Å². The van der Waals surface area contributed by atoms with Crippen molar-refractivity contribution in [2.45, 2.75) is 6.92 Å². The summed E-state index contributed by atoms with van der Waals surface area (Å²) in [6, 6.07) is 5.56. The predicted octanol–water partition coefficient (Wildman–Crippen LogP) is 1.17. The zero-order chi connectivity index (χ0) is 10.8. The second-order valence-corrected chi connectivity index (χ2v) is 3.17. The minimum atomic E-state index is 0.600. The Hall–Kier alpha value is -2.04. The Kier molecular flexibility index (Phi) is 2.29. The molecule has 0 spiro atoms. The molecule has 5 heteroatoms. The fraction of sp³-hybridized carbons (Fsp3) is 0.200. The Morgan fingerprint density at radius 2 is 2.20 bits per heavy atom. The molecule has 5 nitrogen and oxygen atoms in total. The molecule has 2 rings (SSSR count). The average molecular weight is 204 g/mol. The SMILES string of the molecule is COc1ccc(-n2cnnc2C)cc1N. The summed E-state index contributed by atoms with van der Waals surface area (Å²) in [7, 11) is 1.59. The summed E-state index contributed by atoms with van der Waals surface area (Å²) in [6.45, 7) is 1.88. The molecule has 0 fully saturated rings. The van der Waals surface area contributed by atoms with Gasteiger partial charge in [0.1, 0.15) is 17.9 Å². The van der Waals surface area contributed by atoms with E-state index in [-0.39, 0.29) is 0 Å². The maximum absolute atomic E-state index is 5.81. The lowest BCUT2D eigenvalue weighted by molar-refractivity contribution is 0.417. The predicted molar refractivity (Wildman–Crippen MR) is 57.1 cm³/mol. The normalized spacial score (nSPS) is 10.3. The van der Waals surface area contributed by atoms with Crippen molar-refractivity contribution in [1.29, 1.82) is 0 Å². The first-order valence-corrected chi connectivity index (χ1v) is 4.53. The molecule has 0 aliphatic carbocycles. The Balaban J connectivity index is 2.47. The number of nitrogens with two attached hydrogens (primary N) is 1. The first kappa shape index (κ1) is 9.51. The maximum Gasteiger partial charge on any atom is 0.141 e. The molecule has 1 heterocycles. The third-order valence-corrected chi connectivity index (χ3v) is 2.21. The van der Waals surface area contributed by atoms with Gasteiger partial charge >= 0.3 is 0 Å². The molecule has 0 radical (unpaired) electrons. The Bertz CT molecular complexity index is 478. The quantitative estimate of drug-likeness (QED) is 0.745. The molecule has 0 aliphatic rings. The summed E-state index contributed by atoms with van der Waals surface area (Å²) in [6.07, 6.45) is 1.65. The van der Waals surface area contributed by atoms with Gasteiger partial charge in [-0.1, -0.05) is 0 Å². The number of benzene rings is 1.